The van der Waals surface area contributed by atoms with E-state index in [-0.39, 0.29) is 11.7 Å². The molecule has 10 heteroatoms. The van der Waals surface area contributed by atoms with E-state index in [0.717, 1.165) is 15.8 Å². The second-order valence-corrected chi connectivity index (χ2v) is 6.23. The number of nitrogens with one attached hydrogen (secondary N) is 1. The minimum Gasteiger partial charge on any atom is -0.468 e. The van der Waals surface area contributed by atoms with Gasteiger partial charge in [0.25, 0.3) is 5.82 Å². The van der Waals surface area contributed by atoms with Gasteiger partial charge >= 0.3 is 6.18 Å². The number of likely N-dealkylation sites (N-methyl/N-ethyl adjacent to an activating group) is 1. The quantitative estimate of drug-likeness (QED) is 0.746. The third-order valence-corrected chi connectivity index (χ3v) is 4.31. The predicted molar refractivity (Wildman–Crippen MR) is 88.9 cm³/mol. The lowest BCUT2D eigenvalue weighted by molar-refractivity contribution is -0.146. The highest BCUT2D eigenvalue weighted by Gasteiger charge is 2.38. The van der Waals surface area contributed by atoms with Gasteiger partial charge in [-0.05, 0) is 45.6 Å². The molecule has 0 amide bonds. The van der Waals surface area contributed by atoms with Gasteiger partial charge in [-0.1, -0.05) is 0 Å². The van der Waals surface area contributed by atoms with E-state index >= 15 is 0 Å². The molecule has 7 nitrogen and oxygen atoms in total. The Morgan fingerprint density at radius 3 is 2.54 bits per heavy atom. The number of furan rings is 1. The molecule has 1 N–H and O–H groups in total. The number of alkyl halides is 3. The lowest BCUT2D eigenvalue weighted by Crippen LogP contribution is -2.27. The summed E-state index contributed by atoms with van der Waals surface area (Å²) in [4.78, 5) is 1.95. The lowest BCUT2D eigenvalue weighted by atomic mass is 10.1. The van der Waals surface area contributed by atoms with E-state index in [1.54, 1.807) is 26.2 Å². The first-order valence-corrected chi connectivity index (χ1v) is 7.93. The van der Waals surface area contributed by atoms with Gasteiger partial charge in [0.15, 0.2) is 5.65 Å². The first kappa shape index (κ1) is 18.2. The third-order valence-electron chi connectivity index (χ3n) is 4.31. The van der Waals surface area contributed by atoms with Crippen molar-refractivity contribution < 1.29 is 17.6 Å². The summed E-state index contributed by atoms with van der Waals surface area (Å²) < 4.78 is 45.5. The molecule has 0 bridgehead atoms. The fourth-order valence-electron chi connectivity index (χ4n) is 2.69. The van der Waals surface area contributed by atoms with Crippen LogP contribution in [0.5, 0.6) is 0 Å². The van der Waals surface area contributed by atoms with E-state index in [4.69, 9.17) is 4.42 Å². The fourth-order valence-corrected chi connectivity index (χ4v) is 2.69. The van der Waals surface area contributed by atoms with Gasteiger partial charge in [0.1, 0.15) is 11.6 Å². The average molecular weight is 368 g/mol. The van der Waals surface area contributed by atoms with Crippen molar-refractivity contribution in [2.75, 3.05) is 26.0 Å². The van der Waals surface area contributed by atoms with Gasteiger partial charge in [0, 0.05) is 12.1 Å². The summed E-state index contributed by atoms with van der Waals surface area (Å²) in [6, 6.07) is 3.53. The molecule has 0 aliphatic heterocycles. The summed E-state index contributed by atoms with van der Waals surface area (Å²) >= 11 is 0. The maximum Gasteiger partial charge on any atom is 0.453 e. The number of hydrogen-bond acceptors (Lipinski definition) is 6. The van der Waals surface area contributed by atoms with Crippen LogP contribution in [0.2, 0.25) is 0 Å². The number of aryl methyl sites for hydroxylation is 1. The van der Waals surface area contributed by atoms with Crippen LogP contribution < -0.4 is 5.32 Å². The largest absolute Gasteiger partial charge is 0.468 e. The van der Waals surface area contributed by atoms with Gasteiger partial charge < -0.3 is 9.73 Å². The van der Waals surface area contributed by atoms with Crippen LogP contribution in [0.25, 0.3) is 5.65 Å². The highest BCUT2D eigenvalue weighted by atomic mass is 19.4. The Bertz CT molecular complexity index is 901. The first-order chi connectivity index (χ1) is 12.2. The number of halogens is 3. The fraction of sp³-hybridized carbons (Fsp3) is 0.438. The normalized spacial score (nSPS) is 13.5. The van der Waals surface area contributed by atoms with E-state index in [2.05, 4.69) is 20.6 Å². The summed E-state index contributed by atoms with van der Waals surface area (Å²) in [5.41, 5.74) is 1.40. The van der Waals surface area contributed by atoms with Gasteiger partial charge in [0.05, 0.1) is 12.3 Å². The molecule has 0 aliphatic carbocycles. The first-order valence-electron chi connectivity index (χ1n) is 7.93. The van der Waals surface area contributed by atoms with E-state index in [0.29, 0.717) is 17.9 Å². The van der Waals surface area contributed by atoms with Crippen LogP contribution in [-0.2, 0) is 6.18 Å². The molecule has 0 aliphatic rings. The Balaban J connectivity index is 1.96. The molecule has 26 heavy (non-hydrogen) atoms. The summed E-state index contributed by atoms with van der Waals surface area (Å²) in [5, 5.41) is 14.1. The van der Waals surface area contributed by atoms with Crippen molar-refractivity contribution >= 4 is 11.5 Å². The topological polar surface area (TPSA) is 71.5 Å². The molecule has 0 spiro atoms. The molecule has 3 aromatic heterocycles. The average Bonchev–Trinajstić information content (AvgIpc) is 3.20. The molecule has 3 aromatic rings. The maximum absolute atomic E-state index is 13.1. The minimum absolute atomic E-state index is 0.0931. The third kappa shape index (κ3) is 3.24. The van der Waals surface area contributed by atoms with Crippen LogP contribution >= 0.6 is 0 Å². The Morgan fingerprint density at radius 1 is 1.23 bits per heavy atom. The van der Waals surface area contributed by atoms with E-state index in [1.165, 1.54) is 0 Å². The van der Waals surface area contributed by atoms with Gasteiger partial charge in [-0.2, -0.15) is 17.7 Å². The second-order valence-electron chi connectivity index (χ2n) is 6.23. The minimum atomic E-state index is -4.63. The van der Waals surface area contributed by atoms with Crippen LogP contribution in [0.3, 0.4) is 0 Å². The SMILES string of the molecule is Cc1c(NCC(c2ccco2)N(C)C)nn2c(C(F)(F)F)nnc2c1C. The van der Waals surface area contributed by atoms with Gasteiger partial charge in [0.2, 0.25) is 0 Å². The summed E-state index contributed by atoms with van der Waals surface area (Å²) in [5.74, 6) is -0.0502. The number of anilines is 1. The second kappa shape index (κ2) is 6.60. The molecule has 3 rings (SSSR count). The van der Waals surface area contributed by atoms with Crippen LogP contribution in [0.15, 0.2) is 22.8 Å². The number of rotatable bonds is 5. The molecule has 140 valence electrons. The lowest BCUT2D eigenvalue weighted by Gasteiger charge is -2.23. The number of aromatic nitrogens is 4. The van der Waals surface area contributed by atoms with Crippen molar-refractivity contribution in [3.8, 4) is 0 Å². The number of nitrogens with zero attached hydrogens (tertiary/aromatic N) is 5. The van der Waals surface area contributed by atoms with Crippen molar-refractivity contribution in [3.05, 3.63) is 41.1 Å². The van der Waals surface area contributed by atoms with Crippen LogP contribution in [0.1, 0.15) is 28.8 Å². The Hall–Kier alpha value is -2.62. The molecule has 0 saturated heterocycles. The molecule has 0 saturated carbocycles. The van der Waals surface area contributed by atoms with E-state index in [1.807, 2.05) is 25.1 Å². The molecular weight excluding hydrogens is 349 g/mol. The highest BCUT2D eigenvalue weighted by Crippen LogP contribution is 2.30. The Labute approximate surface area is 147 Å². The molecule has 0 radical (unpaired) electrons. The molecule has 1 unspecified atom stereocenters. The van der Waals surface area contributed by atoms with Crippen molar-refractivity contribution in [2.45, 2.75) is 26.1 Å². The van der Waals surface area contributed by atoms with Crippen molar-refractivity contribution in [1.29, 1.82) is 0 Å². The van der Waals surface area contributed by atoms with Gasteiger partial charge in [-0.15, -0.1) is 15.3 Å². The maximum atomic E-state index is 13.1. The van der Waals surface area contributed by atoms with Crippen molar-refractivity contribution in [3.63, 3.8) is 0 Å². The predicted octanol–water partition coefficient (Wildman–Crippen LogP) is 3.07. The monoisotopic (exact) mass is 368 g/mol. The van der Waals surface area contributed by atoms with Crippen LogP contribution in [0, 0.1) is 13.8 Å². The summed E-state index contributed by atoms with van der Waals surface area (Å²) in [6.07, 6.45) is -3.05. The van der Waals surface area contributed by atoms with Crippen molar-refractivity contribution in [1.82, 2.24) is 24.7 Å². The smallest absolute Gasteiger partial charge is 0.453 e. The summed E-state index contributed by atoms with van der Waals surface area (Å²) in [7, 11) is 3.79. The van der Waals surface area contributed by atoms with E-state index < -0.39 is 12.0 Å². The molecule has 0 aromatic carbocycles. The van der Waals surface area contributed by atoms with Crippen LogP contribution in [0.4, 0.5) is 19.0 Å². The molecular formula is C16H19F3N6O. The Morgan fingerprint density at radius 2 is 1.96 bits per heavy atom. The summed E-state index contributed by atoms with van der Waals surface area (Å²) in [6.45, 7) is 3.88. The Kier molecular flexibility index (Phi) is 4.61. The highest BCUT2D eigenvalue weighted by molar-refractivity contribution is 5.58. The molecule has 3 heterocycles. The number of fused-ring (bicyclic) bond motifs is 1. The molecule has 0 fully saturated rings. The molecule has 1 atom stereocenters. The zero-order valence-corrected chi connectivity index (χ0v) is 14.8. The zero-order valence-electron chi connectivity index (χ0n) is 14.8. The van der Waals surface area contributed by atoms with Crippen molar-refractivity contribution in [2.24, 2.45) is 0 Å². The zero-order chi connectivity index (χ0) is 19.1. The van der Waals surface area contributed by atoms with Gasteiger partial charge in [-0.25, -0.2) is 0 Å². The number of hydrogen-bond donors (Lipinski definition) is 1. The van der Waals surface area contributed by atoms with E-state index in [9.17, 15) is 13.2 Å². The standard InChI is InChI=1S/C16H19F3N6O/c1-9-10(2)14-21-22-15(16(17,18)19)25(14)23-13(9)20-8-11(24(3)4)12-6-5-7-26-12/h5-7,11H,8H2,1-4H3,(H,20,23). The van der Waals surface area contributed by atoms with Crippen LogP contribution in [-0.4, -0.2) is 45.4 Å². The van der Waals surface area contributed by atoms with Gasteiger partial charge in [-0.3, -0.25) is 4.90 Å².